The largest absolute Gasteiger partial charge is 0.344 e. The molecule has 0 bridgehead atoms. The Bertz CT molecular complexity index is 491. The van der Waals surface area contributed by atoms with E-state index in [0.717, 1.165) is 25.3 Å². The highest BCUT2D eigenvalue weighted by atomic mass is 16.2. The molecule has 0 unspecified atom stereocenters. The Morgan fingerprint density at radius 2 is 2.17 bits per heavy atom. The third-order valence-corrected chi connectivity index (χ3v) is 4.57. The fraction of sp³-hybridized carbons (Fsp3) is 0.667. The molecule has 1 aromatic heterocycles. The first-order chi connectivity index (χ1) is 11.0. The van der Waals surface area contributed by atoms with E-state index in [0.29, 0.717) is 25.0 Å². The first-order valence-electron chi connectivity index (χ1n) is 8.52. The summed E-state index contributed by atoms with van der Waals surface area (Å²) in [6.07, 6.45) is 2.98. The molecule has 1 saturated heterocycles. The van der Waals surface area contributed by atoms with E-state index in [1.54, 1.807) is 6.20 Å². The zero-order valence-corrected chi connectivity index (χ0v) is 14.9. The number of aromatic nitrogens is 1. The molecule has 23 heavy (non-hydrogen) atoms. The van der Waals surface area contributed by atoms with Gasteiger partial charge in [0.25, 0.3) is 0 Å². The van der Waals surface area contributed by atoms with Crippen LogP contribution in [0.3, 0.4) is 0 Å². The van der Waals surface area contributed by atoms with Gasteiger partial charge in [0.15, 0.2) is 0 Å². The molecule has 1 fully saturated rings. The minimum atomic E-state index is 0.187. The van der Waals surface area contributed by atoms with Crippen LogP contribution in [0.15, 0.2) is 24.4 Å². The highest BCUT2D eigenvalue weighted by molar-refractivity contribution is 5.77. The van der Waals surface area contributed by atoms with Gasteiger partial charge in [-0.3, -0.25) is 14.7 Å². The van der Waals surface area contributed by atoms with E-state index < -0.39 is 0 Å². The number of hydrogen-bond donors (Lipinski definition) is 0. The number of carbonyl (C=O) groups is 1. The molecule has 5 nitrogen and oxygen atoms in total. The number of likely N-dealkylation sites (N-methyl/N-ethyl adjacent to an activating group) is 2. The summed E-state index contributed by atoms with van der Waals surface area (Å²) in [6.45, 7) is 8.74. The number of pyridine rings is 1. The quantitative estimate of drug-likeness (QED) is 0.767. The molecule has 0 aromatic carbocycles. The highest BCUT2D eigenvalue weighted by Crippen LogP contribution is 2.19. The van der Waals surface area contributed by atoms with Crippen LogP contribution in [0.5, 0.6) is 0 Å². The summed E-state index contributed by atoms with van der Waals surface area (Å²) in [4.78, 5) is 23.1. The van der Waals surface area contributed by atoms with Crippen LogP contribution in [0, 0.1) is 5.92 Å². The molecule has 1 aliphatic heterocycles. The second-order valence-corrected chi connectivity index (χ2v) is 7.01. The van der Waals surface area contributed by atoms with Gasteiger partial charge in [-0.1, -0.05) is 6.07 Å². The van der Waals surface area contributed by atoms with Gasteiger partial charge in [-0.2, -0.15) is 0 Å². The van der Waals surface area contributed by atoms with E-state index in [1.807, 2.05) is 42.1 Å². The van der Waals surface area contributed by atoms with Gasteiger partial charge in [0.1, 0.15) is 0 Å². The average Bonchev–Trinajstić information content (AvgIpc) is 2.96. The van der Waals surface area contributed by atoms with Crippen molar-refractivity contribution in [2.75, 3.05) is 40.3 Å². The van der Waals surface area contributed by atoms with Crippen LogP contribution in [0.2, 0.25) is 0 Å². The molecule has 0 radical (unpaired) electrons. The van der Waals surface area contributed by atoms with E-state index in [-0.39, 0.29) is 5.91 Å². The lowest BCUT2D eigenvalue weighted by Crippen LogP contribution is -2.39. The lowest BCUT2D eigenvalue weighted by atomic mass is 10.1. The summed E-state index contributed by atoms with van der Waals surface area (Å²) in [5.74, 6) is 0.791. The molecule has 0 N–H and O–H groups in total. The molecule has 2 rings (SSSR count). The summed E-state index contributed by atoms with van der Waals surface area (Å²) in [6, 6.07) is 6.48. The van der Waals surface area contributed by atoms with Crippen LogP contribution in [-0.2, 0) is 11.3 Å². The van der Waals surface area contributed by atoms with Crippen LogP contribution in [0.1, 0.15) is 26.0 Å². The zero-order chi connectivity index (χ0) is 16.8. The summed E-state index contributed by atoms with van der Waals surface area (Å²) in [7, 11) is 3.89. The van der Waals surface area contributed by atoms with Crippen molar-refractivity contribution in [3.8, 4) is 0 Å². The Kier molecular flexibility index (Phi) is 6.54. The van der Waals surface area contributed by atoms with Crippen molar-refractivity contribution < 1.29 is 4.79 Å². The topological polar surface area (TPSA) is 39.7 Å². The minimum absolute atomic E-state index is 0.187. The van der Waals surface area contributed by atoms with Crippen molar-refractivity contribution in [3.05, 3.63) is 30.1 Å². The summed E-state index contributed by atoms with van der Waals surface area (Å²) < 4.78 is 0. The molecule has 1 aliphatic rings. The Morgan fingerprint density at radius 3 is 2.78 bits per heavy atom. The lowest BCUT2D eigenvalue weighted by molar-refractivity contribution is -0.131. The Labute approximate surface area is 140 Å². The van der Waals surface area contributed by atoms with Gasteiger partial charge in [-0.25, -0.2) is 0 Å². The SMILES string of the molecule is CC(C)N1CC[C@H](CN(C)C(=O)CN(C)Cc2ccccn2)C1. The van der Waals surface area contributed by atoms with Crippen molar-refractivity contribution in [3.63, 3.8) is 0 Å². The lowest BCUT2D eigenvalue weighted by Gasteiger charge is -2.25. The standard InChI is InChI=1S/C18H30N4O/c1-15(2)22-10-8-16(12-22)11-21(4)18(23)14-20(3)13-17-7-5-6-9-19-17/h5-7,9,15-16H,8,10-14H2,1-4H3/t16-/m1/s1. The van der Waals surface area contributed by atoms with Crippen molar-refractivity contribution in [2.45, 2.75) is 32.9 Å². The second-order valence-electron chi connectivity index (χ2n) is 7.01. The van der Waals surface area contributed by atoms with Crippen LogP contribution >= 0.6 is 0 Å². The van der Waals surface area contributed by atoms with Crippen LogP contribution in [-0.4, -0.2) is 71.9 Å². The van der Waals surface area contributed by atoms with E-state index in [1.165, 1.54) is 6.42 Å². The summed E-state index contributed by atoms with van der Waals surface area (Å²) >= 11 is 0. The molecule has 1 atom stereocenters. The van der Waals surface area contributed by atoms with E-state index in [2.05, 4.69) is 23.7 Å². The third kappa shape index (κ3) is 5.59. The Hall–Kier alpha value is -1.46. The highest BCUT2D eigenvalue weighted by Gasteiger charge is 2.26. The van der Waals surface area contributed by atoms with E-state index in [4.69, 9.17) is 0 Å². The summed E-state index contributed by atoms with van der Waals surface area (Å²) in [5.41, 5.74) is 0.994. The van der Waals surface area contributed by atoms with Gasteiger partial charge in [0.05, 0.1) is 12.2 Å². The molecular weight excluding hydrogens is 288 g/mol. The van der Waals surface area contributed by atoms with Crippen LogP contribution < -0.4 is 0 Å². The van der Waals surface area contributed by atoms with Gasteiger partial charge >= 0.3 is 0 Å². The maximum atomic E-state index is 12.4. The molecule has 0 saturated carbocycles. The normalized spacial score (nSPS) is 18.8. The Morgan fingerprint density at radius 1 is 1.39 bits per heavy atom. The van der Waals surface area contributed by atoms with Gasteiger partial charge in [-0.05, 0) is 51.9 Å². The minimum Gasteiger partial charge on any atom is -0.344 e. The molecule has 1 amide bonds. The van der Waals surface area contributed by atoms with Crippen molar-refractivity contribution in [2.24, 2.45) is 5.92 Å². The molecular formula is C18H30N4O. The van der Waals surface area contributed by atoms with Gasteiger partial charge < -0.3 is 9.80 Å². The Balaban J connectivity index is 1.74. The first kappa shape index (κ1) is 17.9. The van der Waals surface area contributed by atoms with Crippen molar-refractivity contribution >= 4 is 5.91 Å². The number of amides is 1. The molecule has 0 aliphatic carbocycles. The predicted molar refractivity (Wildman–Crippen MR) is 93.0 cm³/mol. The summed E-state index contributed by atoms with van der Waals surface area (Å²) in [5, 5.41) is 0. The predicted octanol–water partition coefficient (Wildman–Crippen LogP) is 1.70. The maximum Gasteiger partial charge on any atom is 0.236 e. The second kappa shape index (κ2) is 8.41. The number of hydrogen-bond acceptors (Lipinski definition) is 4. The number of carbonyl (C=O) groups excluding carboxylic acids is 1. The fourth-order valence-corrected chi connectivity index (χ4v) is 3.15. The van der Waals surface area contributed by atoms with Gasteiger partial charge in [0.2, 0.25) is 5.91 Å². The third-order valence-electron chi connectivity index (χ3n) is 4.57. The smallest absolute Gasteiger partial charge is 0.236 e. The zero-order valence-electron chi connectivity index (χ0n) is 14.9. The van der Waals surface area contributed by atoms with Crippen molar-refractivity contribution in [1.29, 1.82) is 0 Å². The van der Waals surface area contributed by atoms with Gasteiger partial charge in [0, 0.05) is 38.9 Å². The van der Waals surface area contributed by atoms with Crippen molar-refractivity contribution in [1.82, 2.24) is 19.7 Å². The molecule has 128 valence electrons. The average molecular weight is 318 g/mol. The molecule has 2 heterocycles. The maximum absolute atomic E-state index is 12.4. The number of likely N-dealkylation sites (tertiary alicyclic amines) is 1. The molecule has 1 aromatic rings. The molecule has 5 heteroatoms. The molecule has 0 spiro atoms. The number of nitrogens with zero attached hydrogens (tertiary/aromatic N) is 4. The van der Waals surface area contributed by atoms with Crippen LogP contribution in [0.25, 0.3) is 0 Å². The first-order valence-corrected chi connectivity index (χ1v) is 8.52. The monoisotopic (exact) mass is 318 g/mol. The van der Waals surface area contributed by atoms with Gasteiger partial charge in [-0.15, -0.1) is 0 Å². The fourth-order valence-electron chi connectivity index (χ4n) is 3.15. The van der Waals surface area contributed by atoms with Crippen LogP contribution in [0.4, 0.5) is 0 Å². The van der Waals surface area contributed by atoms with E-state index in [9.17, 15) is 4.79 Å². The number of rotatable bonds is 7. The van der Waals surface area contributed by atoms with E-state index >= 15 is 0 Å².